The highest BCUT2D eigenvalue weighted by atomic mass is 29.3. The van der Waals surface area contributed by atoms with Crippen LogP contribution >= 0.6 is 0 Å². The minimum atomic E-state index is -1.95. The molecule has 206 valence electrons. The molecule has 0 rings (SSSR count). The zero-order valence-electron chi connectivity index (χ0n) is 27.8. The molecule has 0 spiro atoms. The molecule has 0 saturated carbocycles. The molecule has 34 heavy (non-hydrogen) atoms. The Morgan fingerprint density at radius 1 is 0.471 bits per heavy atom. The highest BCUT2D eigenvalue weighted by Crippen LogP contribution is 2.73. The van der Waals surface area contributed by atoms with Crippen LogP contribution in [0, 0.1) is 0 Å². The molecule has 0 N–H and O–H groups in total. The Hall–Kier alpha value is 0.868. The zero-order chi connectivity index (χ0) is 27.8. The smallest absolute Gasteiger partial charge is 0.0637 e. The van der Waals surface area contributed by atoms with Crippen LogP contribution in [0.15, 0.2) is 0 Å². The van der Waals surface area contributed by atoms with Crippen LogP contribution in [0.3, 0.4) is 0 Å². The lowest BCUT2D eigenvalue weighted by Gasteiger charge is -2.75. The lowest BCUT2D eigenvalue weighted by Crippen LogP contribution is -2.83. The SMILES string of the molecule is CCC[Si](CCC)(CCC)C([Si](C)(C)C)[Si](C)(C(C)(C)C)[Si](C(C)(C)C)(C(C)(C)C)C(C)(C)C. The van der Waals surface area contributed by atoms with Crippen molar-refractivity contribution in [1.82, 2.24) is 0 Å². The van der Waals surface area contributed by atoms with E-state index in [1.54, 1.807) is 18.1 Å². The molecule has 0 aromatic heterocycles. The van der Waals surface area contributed by atoms with E-state index in [9.17, 15) is 0 Å². The maximum Gasteiger partial charge on any atom is 0.0637 e. The van der Waals surface area contributed by atoms with Gasteiger partial charge in [0.2, 0.25) is 0 Å². The van der Waals surface area contributed by atoms with Gasteiger partial charge in [0.05, 0.1) is 15.7 Å². The zero-order valence-corrected chi connectivity index (χ0v) is 31.8. The molecule has 0 bridgehead atoms. The summed E-state index contributed by atoms with van der Waals surface area (Å²) in [4.78, 5) is 1.08. The van der Waals surface area contributed by atoms with Crippen LogP contribution in [-0.4, -0.2) is 31.3 Å². The van der Waals surface area contributed by atoms with E-state index in [2.05, 4.69) is 130 Å². The summed E-state index contributed by atoms with van der Waals surface area (Å²) in [5, 5.41) is 1.53. The van der Waals surface area contributed by atoms with Crippen LogP contribution in [0.1, 0.15) is 123 Å². The summed E-state index contributed by atoms with van der Waals surface area (Å²) < 4.78 is 0. The summed E-state index contributed by atoms with van der Waals surface area (Å²) in [7, 11) is -6.80. The van der Waals surface area contributed by atoms with Crippen LogP contribution in [0.5, 0.6) is 0 Å². The molecule has 0 aliphatic heterocycles. The number of hydrogen-bond donors (Lipinski definition) is 0. The monoisotopic (exact) mass is 542 g/mol. The molecule has 2 unspecified atom stereocenters. The van der Waals surface area contributed by atoms with Crippen molar-refractivity contribution in [2.75, 3.05) is 0 Å². The Bertz CT molecular complexity index is 578. The van der Waals surface area contributed by atoms with Crippen molar-refractivity contribution in [1.29, 1.82) is 0 Å². The van der Waals surface area contributed by atoms with Crippen molar-refractivity contribution >= 4 is 31.3 Å². The first-order chi connectivity index (χ1) is 14.8. The second-order valence-corrected chi connectivity index (χ2v) is 45.1. The van der Waals surface area contributed by atoms with Gasteiger partial charge in [0.1, 0.15) is 0 Å². The molecule has 0 nitrogen and oxygen atoms in total. The molecule has 0 saturated heterocycles. The Labute approximate surface area is 223 Å². The summed E-state index contributed by atoms with van der Waals surface area (Å²) in [6.45, 7) is 51.4. The van der Waals surface area contributed by atoms with Gasteiger partial charge in [0, 0.05) is 15.7 Å². The second-order valence-electron chi connectivity index (χ2n) is 17.4. The van der Waals surface area contributed by atoms with Crippen molar-refractivity contribution in [2.45, 2.75) is 192 Å². The maximum absolute atomic E-state index is 3.03. The second kappa shape index (κ2) is 10.9. The molecule has 0 aliphatic rings. The maximum atomic E-state index is 3.03. The lowest BCUT2D eigenvalue weighted by atomic mass is 10.2. The lowest BCUT2D eigenvalue weighted by molar-refractivity contribution is 0.543. The van der Waals surface area contributed by atoms with Crippen molar-refractivity contribution in [3.63, 3.8) is 0 Å². The van der Waals surface area contributed by atoms with Crippen LogP contribution in [0.25, 0.3) is 0 Å². The third kappa shape index (κ3) is 5.80. The summed E-state index contributed by atoms with van der Waals surface area (Å²) in [6, 6.07) is 4.72. The van der Waals surface area contributed by atoms with Gasteiger partial charge >= 0.3 is 0 Å². The van der Waals surface area contributed by atoms with Crippen molar-refractivity contribution in [3.05, 3.63) is 0 Å². The van der Waals surface area contributed by atoms with Gasteiger partial charge in [-0.1, -0.05) is 172 Å². The third-order valence-electron chi connectivity index (χ3n) is 10.0. The topological polar surface area (TPSA) is 0 Å². The molecule has 0 aromatic rings. The average Bonchev–Trinajstić information content (AvgIpc) is 2.48. The first-order valence-electron chi connectivity index (χ1n) is 14.8. The predicted molar refractivity (Wildman–Crippen MR) is 174 cm³/mol. The van der Waals surface area contributed by atoms with Crippen LogP contribution in [-0.2, 0) is 0 Å². The summed E-state index contributed by atoms with van der Waals surface area (Å²) in [5.74, 6) is 0. The van der Waals surface area contributed by atoms with Crippen molar-refractivity contribution in [2.24, 2.45) is 0 Å². The van der Waals surface area contributed by atoms with E-state index >= 15 is 0 Å². The van der Waals surface area contributed by atoms with Crippen LogP contribution in [0.2, 0.25) is 69.3 Å². The van der Waals surface area contributed by atoms with Crippen molar-refractivity contribution < 1.29 is 0 Å². The molecule has 0 aliphatic carbocycles. The molecule has 2 atom stereocenters. The van der Waals surface area contributed by atoms with Gasteiger partial charge < -0.3 is 0 Å². The van der Waals surface area contributed by atoms with E-state index < -0.39 is 31.3 Å². The standard InChI is InChI=1S/C30H70Si4/c1-20-23-33(24-21-2,25-22-3)26(31(16,17)18)32(19,27(4,5)6)34(28(7,8)9,29(10,11)12)30(13,14)15/h26H,20-25H2,1-19H3. The Morgan fingerprint density at radius 3 is 0.882 bits per heavy atom. The highest BCUT2D eigenvalue weighted by Gasteiger charge is 2.76. The van der Waals surface area contributed by atoms with E-state index in [0.29, 0.717) is 20.2 Å². The summed E-state index contributed by atoms with van der Waals surface area (Å²) >= 11 is 0. The van der Waals surface area contributed by atoms with Gasteiger partial charge in [-0.05, 0) is 20.2 Å². The molecule has 0 radical (unpaired) electrons. The molecule has 0 heterocycles. The average molecular weight is 543 g/mol. The van der Waals surface area contributed by atoms with Crippen LogP contribution in [0.4, 0.5) is 0 Å². The van der Waals surface area contributed by atoms with E-state index in [0.717, 1.165) is 4.79 Å². The minimum Gasteiger partial charge on any atom is -0.0708 e. The normalized spacial score (nSPS) is 18.1. The summed E-state index contributed by atoms with van der Waals surface area (Å²) in [6.07, 6.45) is 4.20. The number of hydrogen-bond acceptors (Lipinski definition) is 0. The van der Waals surface area contributed by atoms with Gasteiger partial charge in [-0.3, -0.25) is 0 Å². The van der Waals surface area contributed by atoms with E-state index in [1.807, 2.05) is 0 Å². The van der Waals surface area contributed by atoms with E-state index in [1.165, 1.54) is 19.3 Å². The fraction of sp³-hybridized carbons (Fsp3) is 1.00. The predicted octanol–water partition coefficient (Wildman–Crippen LogP) is 12.3. The van der Waals surface area contributed by atoms with Gasteiger partial charge in [-0.25, -0.2) is 0 Å². The highest BCUT2D eigenvalue weighted by molar-refractivity contribution is 7.51. The molecule has 0 fully saturated rings. The Morgan fingerprint density at radius 2 is 0.735 bits per heavy atom. The van der Waals surface area contributed by atoms with Gasteiger partial charge in [-0.15, -0.1) is 0 Å². The molecular formula is C30H70Si4. The van der Waals surface area contributed by atoms with Crippen LogP contribution < -0.4 is 0 Å². The van der Waals surface area contributed by atoms with E-state index in [4.69, 9.17) is 0 Å². The van der Waals surface area contributed by atoms with Gasteiger partial charge in [0.25, 0.3) is 0 Å². The molecule has 0 amide bonds. The summed E-state index contributed by atoms with van der Waals surface area (Å²) in [5.41, 5.74) is 0. The Balaban J connectivity index is 8.39. The third-order valence-corrected chi connectivity index (χ3v) is 58.6. The number of rotatable bonds is 10. The van der Waals surface area contributed by atoms with Gasteiger partial charge in [0.15, 0.2) is 0 Å². The molecule has 0 aromatic carbocycles. The van der Waals surface area contributed by atoms with Gasteiger partial charge in [-0.2, -0.15) is 0 Å². The fourth-order valence-corrected chi connectivity index (χ4v) is 83.7. The first kappa shape index (κ1) is 34.9. The minimum absolute atomic E-state index is 0.375. The largest absolute Gasteiger partial charge is 0.0708 e. The fourth-order valence-electron chi connectivity index (χ4n) is 11.6. The molecular weight excluding hydrogens is 473 g/mol. The van der Waals surface area contributed by atoms with Crippen molar-refractivity contribution in [3.8, 4) is 0 Å². The Kier molecular flexibility index (Phi) is 11.2. The van der Waals surface area contributed by atoms with E-state index in [-0.39, 0.29) is 0 Å². The molecule has 4 heteroatoms. The quantitative estimate of drug-likeness (QED) is 0.241. The first-order valence-corrected chi connectivity index (χ1v) is 26.7.